The van der Waals surface area contributed by atoms with Crippen LogP contribution in [0.1, 0.15) is 17.6 Å². The minimum absolute atomic E-state index is 0.191. The molecule has 112 valence electrons. The van der Waals surface area contributed by atoms with E-state index >= 15 is 0 Å². The monoisotopic (exact) mass is 307 g/mol. The quantitative estimate of drug-likeness (QED) is 0.736. The van der Waals surface area contributed by atoms with E-state index in [1.165, 1.54) is 18.4 Å². The van der Waals surface area contributed by atoms with E-state index < -0.39 is 0 Å². The molecule has 21 heavy (non-hydrogen) atoms. The fourth-order valence-corrected chi connectivity index (χ4v) is 2.37. The molecule has 0 radical (unpaired) electrons. The molecule has 0 N–H and O–H groups in total. The van der Waals surface area contributed by atoms with Crippen LogP contribution in [0.25, 0.3) is 0 Å². The first-order chi connectivity index (χ1) is 10.2. The van der Waals surface area contributed by atoms with E-state index in [-0.39, 0.29) is 12.4 Å². The van der Waals surface area contributed by atoms with Crippen molar-refractivity contribution in [3.05, 3.63) is 40.3 Å². The van der Waals surface area contributed by atoms with Crippen molar-refractivity contribution in [3.8, 4) is 11.5 Å². The Morgan fingerprint density at radius 3 is 2.48 bits per heavy atom. The number of esters is 1. The number of benzene rings is 1. The second-order valence-corrected chi connectivity index (χ2v) is 5.12. The molecule has 2 aromatic rings. The summed E-state index contributed by atoms with van der Waals surface area (Å²) in [6, 6.07) is 7.44. The first-order valence-electron chi connectivity index (χ1n) is 6.57. The average Bonchev–Trinajstić information content (AvgIpc) is 2.94. The van der Waals surface area contributed by atoms with Gasteiger partial charge in [-0.25, -0.2) is 4.98 Å². The molecule has 0 saturated heterocycles. The highest BCUT2D eigenvalue weighted by Crippen LogP contribution is 2.19. The summed E-state index contributed by atoms with van der Waals surface area (Å²) in [5, 5.41) is 2.66. The Kier molecular flexibility index (Phi) is 5.57. The molecule has 0 atom stereocenters. The standard InChI is InChI=1S/C15H17NO4S/c1-3-19-12-4-6-13(7-5-12)20-9-14-16-11(10-21-14)8-15(17)18-2/h4-7,10H,3,8-9H2,1-2H3. The first kappa shape index (κ1) is 15.3. The lowest BCUT2D eigenvalue weighted by molar-refractivity contribution is -0.139. The summed E-state index contributed by atoms with van der Waals surface area (Å²) in [5.41, 5.74) is 0.706. The van der Waals surface area contributed by atoms with Gasteiger partial charge in [0.15, 0.2) is 0 Å². The molecule has 1 aromatic heterocycles. The first-order valence-corrected chi connectivity index (χ1v) is 7.45. The van der Waals surface area contributed by atoms with Gasteiger partial charge in [-0.05, 0) is 31.2 Å². The molecule has 0 aliphatic rings. The van der Waals surface area contributed by atoms with Gasteiger partial charge in [-0.2, -0.15) is 0 Å². The van der Waals surface area contributed by atoms with E-state index in [0.717, 1.165) is 16.5 Å². The Hall–Kier alpha value is -2.08. The zero-order valence-electron chi connectivity index (χ0n) is 12.0. The normalized spacial score (nSPS) is 10.2. The minimum atomic E-state index is -0.292. The molecular weight excluding hydrogens is 290 g/mol. The molecule has 0 spiro atoms. The third-order valence-corrected chi connectivity index (χ3v) is 3.52. The number of aromatic nitrogens is 1. The zero-order valence-corrected chi connectivity index (χ0v) is 12.8. The third kappa shape index (κ3) is 4.75. The van der Waals surface area contributed by atoms with E-state index in [9.17, 15) is 4.79 Å². The summed E-state index contributed by atoms with van der Waals surface area (Å²) in [7, 11) is 1.37. The number of hydrogen-bond acceptors (Lipinski definition) is 6. The topological polar surface area (TPSA) is 57.7 Å². The Balaban J connectivity index is 1.86. The molecule has 1 heterocycles. The highest BCUT2D eigenvalue weighted by molar-refractivity contribution is 7.09. The van der Waals surface area contributed by atoms with Crippen molar-refractivity contribution in [2.75, 3.05) is 13.7 Å². The number of ether oxygens (including phenoxy) is 3. The summed E-state index contributed by atoms with van der Waals surface area (Å²) < 4.78 is 15.6. The van der Waals surface area contributed by atoms with Gasteiger partial charge >= 0.3 is 5.97 Å². The van der Waals surface area contributed by atoms with E-state index in [0.29, 0.717) is 18.9 Å². The van der Waals surface area contributed by atoms with Crippen molar-refractivity contribution in [3.63, 3.8) is 0 Å². The van der Waals surface area contributed by atoms with E-state index in [2.05, 4.69) is 9.72 Å². The van der Waals surface area contributed by atoms with Gasteiger partial charge in [0.25, 0.3) is 0 Å². The number of hydrogen-bond donors (Lipinski definition) is 0. The van der Waals surface area contributed by atoms with Gasteiger partial charge < -0.3 is 14.2 Å². The third-order valence-electron chi connectivity index (χ3n) is 2.65. The van der Waals surface area contributed by atoms with Crippen LogP contribution in [0.15, 0.2) is 29.6 Å². The molecule has 0 bridgehead atoms. The molecule has 1 aromatic carbocycles. The Morgan fingerprint density at radius 1 is 1.19 bits per heavy atom. The lowest BCUT2D eigenvalue weighted by Gasteiger charge is -2.06. The van der Waals surface area contributed by atoms with Gasteiger partial charge in [0.2, 0.25) is 0 Å². The maximum Gasteiger partial charge on any atom is 0.311 e. The molecule has 0 unspecified atom stereocenters. The molecule has 0 amide bonds. The van der Waals surface area contributed by atoms with Crippen molar-refractivity contribution in [2.45, 2.75) is 20.0 Å². The Bertz CT molecular complexity index is 580. The maximum atomic E-state index is 11.2. The number of methoxy groups -OCH3 is 1. The smallest absolute Gasteiger partial charge is 0.311 e. The number of thiazole rings is 1. The summed E-state index contributed by atoms with van der Waals surface area (Å²) in [5.74, 6) is 1.28. The average molecular weight is 307 g/mol. The van der Waals surface area contributed by atoms with E-state index in [4.69, 9.17) is 9.47 Å². The van der Waals surface area contributed by atoms with Crippen molar-refractivity contribution in [1.82, 2.24) is 4.98 Å². The van der Waals surface area contributed by atoms with Crippen molar-refractivity contribution >= 4 is 17.3 Å². The molecular formula is C15H17NO4S. The van der Waals surface area contributed by atoms with Gasteiger partial charge in [-0.1, -0.05) is 0 Å². The van der Waals surface area contributed by atoms with E-state index in [1.54, 1.807) is 0 Å². The highest BCUT2D eigenvalue weighted by Gasteiger charge is 2.08. The van der Waals surface area contributed by atoms with Crippen molar-refractivity contribution in [2.24, 2.45) is 0 Å². The van der Waals surface area contributed by atoms with Gasteiger partial charge in [0, 0.05) is 5.38 Å². The lowest BCUT2D eigenvalue weighted by atomic mass is 10.3. The minimum Gasteiger partial charge on any atom is -0.494 e. The number of nitrogens with zero attached hydrogens (tertiary/aromatic N) is 1. The van der Waals surface area contributed by atoms with Crippen LogP contribution in [-0.4, -0.2) is 24.7 Å². The molecule has 2 rings (SSSR count). The molecule has 5 nitrogen and oxygen atoms in total. The van der Waals surface area contributed by atoms with Gasteiger partial charge in [-0.15, -0.1) is 11.3 Å². The zero-order chi connectivity index (χ0) is 15.1. The summed E-state index contributed by atoms with van der Waals surface area (Å²) in [4.78, 5) is 15.5. The Labute approximate surface area is 127 Å². The largest absolute Gasteiger partial charge is 0.494 e. The lowest BCUT2D eigenvalue weighted by Crippen LogP contribution is -2.05. The van der Waals surface area contributed by atoms with Gasteiger partial charge in [-0.3, -0.25) is 4.79 Å². The van der Waals surface area contributed by atoms with E-state index in [1.807, 2.05) is 36.6 Å². The number of carbonyl (C=O) groups is 1. The fourth-order valence-electron chi connectivity index (χ4n) is 1.66. The van der Waals surface area contributed by atoms with Crippen molar-refractivity contribution < 1.29 is 19.0 Å². The predicted octanol–water partition coefficient (Wildman–Crippen LogP) is 2.84. The summed E-state index contributed by atoms with van der Waals surface area (Å²) >= 11 is 1.46. The van der Waals surface area contributed by atoms with Crippen LogP contribution in [0.5, 0.6) is 11.5 Å². The number of carbonyl (C=O) groups excluding carboxylic acids is 1. The predicted molar refractivity (Wildman–Crippen MR) is 79.8 cm³/mol. The van der Waals surface area contributed by atoms with Crippen LogP contribution in [0.2, 0.25) is 0 Å². The second kappa shape index (κ2) is 7.64. The molecule has 6 heteroatoms. The molecule has 0 aliphatic heterocycles. The van der Waals surface area contributed by atoms with Crippen LogP contribution in [0.3, 0.4) is 0 Å². The van der Waals surface area contributed by atoms with Crippen LogP contribution in [-0.2, 0) is 22.6 Å². The SMILES string of the molecule is CCOc1ccc(OCc2nc(CC(=O)OC)cs2)cc1. The van der Waals surface area contributed by atoms with Gasteiger partial charge in [0.05, 0.1) is 25.8 Å². The molecule has 0 aliphatic carbocycles. The second-order valence-electron chi connectivity index (χ2n) is 4.18. The van der Waals surface area contributed by atoms with Crippen LogP contribution in [0, 0.1) is 0 Å². The van der Waals surface area contributed by atoms with Crippen LogP contribution in [0.4, 0.5) is 0 Å². The summed E-state index contributed by atoms with van der Waals surface area (Å²) in [6.45, 7) is 2.96. The van der Waals surface area contributed by atoms with Gasteiger partial charge in [0.1, 0.15) is 23.1 Å². The number of rotatable bonds is 7. The Morgan fingerprint density at radius 2 is 1.86 bits per heavy atom. The fraction of sp³-hybridized carbons (Fsp3) is 0.333. The highest BCUT2D eigenvalue weighted by atomic mass is 32.1. The van der Waals surface area contributed by atoms with Crippen LogP contribution < -0.4 is 9.47 Å². The van der Waals surface area contributed by atoms with Crippen molar-refractivity contribution in [1.29, 1.82) is 0 Å². The molecule has 0 fully saturated rings. The summed E-state index contributed by atoms with van der Waals surface area (Å²) in [6.07, 6.45) is 0.191. The molecule has 0 saturated carbocycles. The van der Waals surface area contributed by atoms with Crippen LogP contribution >= 0.6 is 11.3 Å². The maximum absolute atomic E-state index is 11.2.